The molecule has 1 N–H and O–H groups in total. The summed E-state index contributed by atoms with van der Waals surface area (Å²) in [5.74, 6) is 0. The molecule has 0 spiro atoms. The Hall–Kier alpha value is 1.37. The molecule has 0 bridgehead atoms. The van der Waals surface area contributed by atoms with E-state index >= 15 is 0 Å². The molecular weight excluding hydrogens is 195 g/mol. The molecule has 0 aliphatic rings. The van der Waals surface area contributed by atoms with Gasteiger partial charge in [-0.2, -0.15) is 0 Å². The summed E-state index contributed by atoms with van der Waals surface area (Å²) in [6.07, 6.45) is 0. The van der Waals surface area contributed by atoms with E-state index in [1.54, 1.807) is 0 Å². The maximum atomic E-state index is 8.00. The Morgan fingerprint density at radius 1 is 1.20 bits per heavy atom. The molecule has 0 saturated heterocycles. The van der Waals surface area contributed by atoms with Crippen molar-refractivity contribution in [2.75, 3.05) is 0 Å². The third-order valence-electron chi connectivity index (χ3n) is 0. The average molecular weight is 196 g/mol. The van der Waals surface area contributed by atoms with Gasteiger partial charge in [-0.1, -0.05) is 0 Å². The Labute approximate surface area is 45.1 Å². The van der Waals surface area contributed by atoms with E-state index in [9.17, 15) is 0 Å². The van der Waals surface area contributed by atoms with Crippen LogP contribution in [-0.4, -0.2) is 14.9 Å². The van der Waals surface area contributed by atoms with Gasteiger partial charge in [0.05, 0.1) is 0 Å². The first-order valence-corrected chi connectivity index (χ1v) is 10.00. The molecule has 0 saturated carbocycles. The van der Waals surface area contributed by atoms with Gasteiger partial charge in [0.25, 0.3) is 0 Å². The summed E-state index contributed by atoms with van der Waals surface area (Å²) in [5.41, 5.74) is 0. The quantitative estimate of drug-likeness (QED) is 0.575. The van der Waals surface area contributed by atoms with Crippen molar-refractivity contribution in [2.24, 2.45) is 0 Å². The van der Waals surface area contributed by atoms with Gasteiger partial charge in [-0.05, 0) is 0 Å². The van der Waals surface area contributed by atoms with Crippen molar-refractivity contribution in [1.82, 2.24) is 0 Å². The van der Waals surface area contributed by atoms with Crippen molar-refractivity contribution >= 4 is 40.8 Å². The fourth-order valence-electron chi connectivity index (χ4n) is 0. The Morgan fingerprint density at radius 3 is 1.20 bits per heavy atom. The molecule has 0 heterocycles. The average Bonchev–Trinajstić information content (AvgIpc) is 0.722. The zero-order valence-corrected chi connectivity index (χ0v) is 6.45. The molecule has 0 aliphatic heterocycles. The van der Waals surface area contributed by atoms with Crippen LogP contribution in [0.15, 0.2) is 0 Å². The summed E-state index contributed by atoms with van der Waals surface area (Å²) in [5, 5.41) is 0. The Bertz CT molecular complexity index is 22.4. The van der Waals surface area contributed by atoms with Gasteiger partial charge in [-0.3, -0.25) is 0 Å². The molecule has 0 aromatic heterocycles. The maximum absolute atomic E-state index is 8.00. The van der Waals surface area contributed by atoms with E-state index in [2.05, 4.69) is 0 Å². The van der Waals surface area contributed by atoms with Crippen LogP contribution in [0.2, 0.25) is 0 Å². The van der Waals surface area contributed by atoms with Crippen LogP contribution in [0.5, 0.6) is 0 Å². The molecule has 0 aromatic rings. The van der Waals surface area contributed by atoms with Gasteiger partial charge in [-0.15, -0.1) is 0 Å². The number of rotatable bonds is 0. The summed E-state index contributed by atoms with van der Waals surface area (Å²) in [7, 11) is 10.8. The van der Waals surface area contributed by atoms with E-state index in [-0.39, 0.29) is 0 Å². The van der Waals surface area contributed by atoms with E-state index in [0.717, 1.165) is 0 Å². The standard InChI is InChI=1S/Cl3GeHO/c1-4(2,3)5/h5H. The van der Waals surface area contributed by atoms with Gasteiger partial charge in [0.2, 0.25) is 0 Å². The van der Waals surface area contributed by atoms with Gasteiger partial charge in [0.15, 0.2) is 0 Å². The van der Waals surface area contributed by atoms with E-state index in [0.29, 0.717) is 0 Å². The fourth-order valence-corrected chi connectivity index (χ4v) is 0. The second kappa shape index (κ2) is 1.89. The second-order valence-electron chi connectivity index (χ2n) is 0.468. The van der Waals surface area contributed by atoms with Crippen molar-refractivity contribution in [1.29, 1.82) is 0 Å². The Balaban J connectivity index is 3.02. The number of hydrogen-bond acceptors (Lipinski definition) is 1. The molecule has 0 atom stereocenters. The van der Waals surface area contributed by atoms with Crippen molar-refractivity contribution in [3.05, 3.63) is 0 Å². The van der Waals surface area contributed by atoms with Crippen molar-refractivity contribution < 1.29 is 4.13 Å². The van der Waals surface area contributed by atoms with E-state index in [4.69, 9.17) is 34.2 Å². The summed E-state index contributed by atoms with van der Waals surface area (Å²) in [6.45, 7) is 0. The van der Waals surface area contributed by atoms with Crippen LogP contribution >= 0.6 is 30.0 Å². The first-order chi connectivity index (χ1) is 2.00. The van der Waals surface area contributed by atoms with Crippen LogP contribution < -0.4 is 0 Å². The van der Waals surface area contributed by atoms with Crippen LogP contribution in [0.25, 0.3) is 0 Å². The normalized spacial score (nSPS) is 12.0. The SMILES string of the molecule is [OH][Ge]([Cl])([Cl])[Cl]. The van der Waals surface area contributed by atoms with Crippen LogP contribution in [0.1, 0.15) is 0 Å². The topological polar surface area (TPSA) is 20.2 Å². The van der Waals surface area contributed by atoms with Gasteiger partial charge >= 0.3 is 45.0 Å². The zero-order valence-electron chi connectivity index (χ0n) is 2.08. The predicted octanol–water partition coefficient (Wildman–Crippen LogP) is 1.13. The van der Waals surface area contributed by atoms with E-state index < -0.39 is 10.8 Å². The predicted molar refractivity (Wildman–Crippen MR) is 25.5 cm³/mol. The summed E-state index contributed by atoms with van der Waals surface area (Å²) in [4.78, 5) is 0. The van der Waals surface area contributed by atoms with E-state index in [1.165, 1.54) is 0 Å². The number of hydrogen-bond donors (Lipinski definition) is 1. The molecule has 5 heavy (non-hydrogen) atoms. The Kier molecular flexibility index (Phi) is 2.41. The first kappa shape index (κ1) is 6.37. The molecule has 32 valence electrons. The number of halogens is 3. The molecule has 0 unspecified atom stereocenters. The van der Waals surface area contributed by atoms with Gasteiger partial charge < -0.3 is 0 Å². The minimum absolute atomic E-state index is 3.58. The van der Waals surface area contributed by atoms with Crippen LogP contribution in [0.3, 0.4) is 0 Å². The molecule has 0 fully saturated rings. The van der Waals surface area contributed by atoms with Crippen LogP contribution in [-0.2, 0) is 0 Å². The fraction of sp³-hybridized carbons (Fsp3) is 0. The van der Waals surface area contributed by atoms with Crippen molar-refractivity contribution in [3.8, 4) is 0 Å². The first-order valence-electron chi connectivity index (χ1n) is 0.791. The van der Waals surface area contributed by atoms with E-state index in [1.807, 2.05) is 0 Å². The molecule has 1 nitrogen and oxygen atoms in total. The van der Waals surface area contributed by atoms with Crippen LogP contribution in [0, 0.1) is 0 Å². The van der Waals surface area contributed by atoms with Crippen molar-refractivity contribution in [2.45, 2.75) is 0 Å². The summed E-state index contributed by atoms with van der Waals surface area (Å²) >= 11 is 0. The zero-order chi connectivity index (χ0) is 4.50. The molecule has 0 aromatic carbocycles. The second-order valence-corrected chi connectivity index (χ2v) is 14.0. The monoisotopic (exact) mass is 196 g/mol. The summed E-state index contributed by atoms with van der Waals surface area (Å²) in [6, 6.07) is 0. The summed E-state index contributed by atoms with van der Waals surface area (Å²) < 4.78 is 8.00. The minimum atomic E-state index is -3.58. The van der Waals surface area contributed by atoms with Gasteiger partial charge in [0.1, 0.15) is 0 Å². The van der Waals surface area contributed by atoms with Crippen molar-refractivity contribution in [3.63, 3.8) is 0 Å². The molecular formula is HCl3GeO. The molecule has 0 aliphatic carbocycles. The van der Waals surface area contributed by atoms with Crippen LogP contribution in [0.4, 0.5) is 0 Å². The molecule has 5 heteroatoms. The molecule has 0 amide bonds. The molecule has 0 radical (unpaired) electrons. The molecule has 0 rings (SSSR count). The van der Waals surface area contributed by atoms with Gasteiger partial charge in [-0.25, -0.2) is 0 Å². The third-order valence-corrected chi connectivity index (χ3v) is 0. The van der Waals surface area contributed by atoms with Gasteiger partial charge in [0, 0.05) is 0 Å². The third kappa shape index (κ3) is 32.4. The Morgan fingerprint density at radius 2 is 1.20 bits per heavy atom.